The van der Waals surface area contributed by atoms with Crippen LogP contribution in [0.2, 0.25) is 0 Å². The number of methoxy groups -OCH3 is 1. The topological polar surface area (TPSA) is 88.8 Å². The Labute approximate surface area is 128 Å². The van der Waals surface area contributed by atoms with Crippen molar-refractivity contribution in [3.05, 3.63) is 36.5 Å². The van der Waals surface area contributed by atoms with Gasteiger partial charge in [0, 0.05) is 31.8 Å². The lowest BCUT2D eigenvalue weighted by atomic mass is 10.0. The molecule has 0 bridgehead atoms. The Hall–Kier alpha value is -2.60. The van der Waals surface area contributed by atoms with Gasteiger partial charge in [-0.1, -0.05) is 6.07 Å². The second-order valence-corrected chi connectivity index (χ2v) is 5.07. The van der Waals surface area contributed by atoms with Gasteiger partial charge in [-0.2, -0.15) is 5.10 Å². The first-order chi connectivity index (χ1) is 10.8. The molecule has 0 amide bonds. The molecule has 0 saturated heterocycles. The Morgan fingerprint density at radius 1 is 1.23 bits per heavy atom. The highest BCUT2D eigenvalue weighted by atomic mass is 16.5. The van der Waals surface area contributed by atoms with Gasteiger partial charge in [-0.25, -0.2) is 4.98 Å². The van der Waals surface area contributed by atoms with Crippen molar-refractivity contribution in [1.29, 1.82) is 0 Å². The number of aromatic amines is 1. The summed E-state index contributed by atoms with van der Waals surface area (Å²) in [5.41, 5.74) is 8.98. The van der Waals surface area contributed by atoms with Gasteiger partial charge in [0.1, 0.15) is 5.82 Å². The molecule has 2 aromatic heterocycles. The van der Waals surface area contributed by atoms with Crippen molar-refractivity contribution in [2.75, 3.05) is 31.3 Å². The first kappa shape index (κ1) is 14.3. The average Bonchev–Trinajstić information content (AvgIpc) is 2.93. The zero-order chi connectivity index (χ0) is 15.4. The summed E-state index contributed by atoms with van der Waals surface area (Å²) in [5, 5.41) is 11.2. The minimum Gasteiger partial charge on any atom is -0.385 e. The van der Waals surface area contributed by atoms with Crippen LogP contribution in [0, 0.1) is 0 Å². The number of H-pyrrole nitrogens is 1. The molecular weight excluding hydrogens is 278 g/mol. The van der Waals surface area contributed by atoms with E-state index in [1.807, 2.05) is 30.3 Å². The van der Waals surface area contributed by atoms with Crippen LogP contribution in [0.1, 0.15) is 6.42 Å². The third-order valence-electron chi connectivity index (χ3n) is 3.52. The number of nitrogens with one attached hydrogen (secondary N) is 2. The molecule has 6 heteroatoms. The lowest BCUT2D eigenvalue weighted by molar-refractivity contribution is 0.198. The molecule has 0 spiro atoms. The minimum atomic E-state index is 0.517. The smallest absolute Gasteiger partial charge is 0.153 e. The van der Waals surface area contributed by atoms with E-state index >= 15 is 0 Å². The number of pyridine rings is 1. The molecule has 0 aliphatic rings. The molecule has 0 aliphatic carbocycles. The lowest BCUT2D eigenvalue weighted by Crippen LogP contribution is -2.05. The van der Waals surface area contributed by atoms with Crippen molar-refractivity contribution in [2.24, 2.45) is 0 Å². The van der Waals surface area contributed by atoms with Crippen molar-refractivity contribution in [1.82, 2.24) is 15.2 Å². The molecule has 0 radical (unpaired) electrons. The Morgan fingerprint density at radius 3 is 2.95 bits per heavy atom. The molecule has 0 fully saturated rings. The number of fused-ring (bicyclic) bond motifs is 1. The Morgan fingerprint density at radius 2 is 2.09 bits per heavy atom. The van der Waals surface area contributed by atoms with Crippen LogP contribution in [-0.2, 0) is 4.74 Å². The highest BCUT2D eigenvalue weighted by molar-refractivity contribution is 5.92. The summed E-state index contributed by atoms with van der Waals surface area (Å²) in [6.07, 6.45) is 2.75. The van der Waals surface area contributed by atoms with Gasteiger partial charge in [-0.05, 0) is 41.8 Å². The van der Waals surface area contributed by atoms with E-state index in [1.54, 1.807) is 13.3 Å². The SMILES string of the molecule is COCCCNc1cc(-c2ccc3[nH]nc(N)c3c2)ccn1. The van der Waals surface area contributed by atoms with Gasteiger partial charge in [0.2, 0.25) is 0 Å². The largest absolute Gasteiger partial charge is 0.385 e. The van der Waals surface area contributed by atoms with E-state index in [4.69, 9.17) is 10.5 Å². The van der Waals surface area contributed by atoms with Crippen LogP contribution in [0.3, 0.4) is 0 Å². The highest BCUT2D eigenvalue weighted by Crippen LogP contribution is 2.27. The molecule has 2 heterocycles. The minimum absolute atomic E-state index is 0.517. The summed E-state index contributed by atoms with van der Waals surface area (Å²) in [4.78, 5) is 4.34. The number of nitrogens with zero attached hydrogens (tertiary/aromatic N) is 2. The van der Waals surface area contributed by atoms with Gasteiger partial charge in [-0.15, -0.1) is 0 Å². The second kappa shape index (κ2) is 6.44. The number of ether oxygens (including phenoxy) is 1. The van der Waals surface area contributed by atoms with Crippen molar-refractivity contribution in [3.63, 3.8) is 0 Å². The molecule has 3 rings (SSSR count). The van der Waals surface area contributed by atoms with Gasteiger partial charge in [-0.3, -0.25) is 5.10 Å². The van der Waals surface area contributed by atoms with Crippen LogP contribution in [-0.4, -0.2) is 35.4 Å². The van der Waals surface area contributed by atoms with Crippen LogP contribution in [0.25, 0.3) is 22.0 Å². The predicted molar refractivity (Wildman–Crippen MR) is 88.7 cm³/mol. The third-order valence-corrected chi connectivity index (χ3v) is 3.52. The van der Waals surface area contributed by atoms with Gasteiger partial charge in [0.25, 0.3) is 0 Å². The lowest BCUT2D eigenvalue weighted by Gasteiger charge is -2.07. The molecule has 0 atom stereocenters. The maximum atomic E-state index is 5.87. The van der Waals surface area contributed by atoms with Gasteiger partial charge in [0.15, 0.2) is 5.82 Å². The monoisotopic (exact) mass is 297 g/mol. The summed E-state index contributed by atoms with van der Waals surface area (Å²) in [6, 6.07) is 10.1. The molecule has 3 aromatic rings. The molecule has 0 unspecified atom stereocenters. The van der Waals surface area contributed by atoms with Crippen LogP contribution in [0.15, 0.2) is 36.5 Å². The van der Waals surface area contributed by atoms with Crippen LogP contribution in [0.5, 0.6) is 0 Å². The summed E-state index contributed by atoms with van der Waals surface area (Å²) in [7, 11) is 1.70. The van der Waals surface area contributed by atoms with E-state index in [-0.39, 0.29) is 0 Å². The number of benzene rings is 1. The van der Waals surface area contributed by atoms with Gasteiger partial charge in [0.05, 0.1) is 5.52 Å². The molecule has 0 aliphatic heterocycles. The highest BCUT2D eigenvalue weighted by Gasteiger charge is 2.05. The molecule has 114 valence electrons. The number of nitrogen functional groups attached to an aromatic ring is 1. The molecule has 6 nitrogen and oxygen atoms in total. The second-order valence-electron chi connectivity index (χ2n) is 5.07. The van der Waals surface area contributed by atoms with E-state index in [0.717, 1.165) is 47.4 Å². The Bertz CT molecular complexity index is 768. The normalized spacial score (nSPS) is 11.0. The van der Waals surface area contributed by atoms with Crippen LogP contribution >= 0.6 is 0 Å². The van der Waals surface area contributed by atoms with Gasteiger partial charge >= 0.3 is 0 Å². The molecular formula is C16H19N5O. The van der Waals surface area contributed by atoms with E-state index in [0.29, 0.717) is 5.82 Å². The van der Waals surface area contributed by atoms with Crippen molar-refractivity contribution < 1.29 is 4.74 Å². The first-order valence-electron chi connectivity index (χ1n) is 7.21. The van der Waals surface area contributed by atoms with E-state index in [1.165, 1.54) is 0 Å². The maximum Gasteiger partial charge on any atom is 0.153 e. The standard InChI is InChI=1S/C16H19N5O/c1-22-8-2-6-18-15-10-12(5-7-19-15)11-3-4-14-13(9-11)16(17)21-20-14/h3-5,7,9-10H,2,6,8H2,1H3,(H,18,19)(H3,17,20,21). The maximum absolute atomic E-state index is 5.87. The fourth-order valence-corrected chi connectivity index (χ4v) is 2.35. The summed E-state index contributed by atoms with van der Waals surface area (Å²) >= 11 is 0. The molecule has 1 aromatic carbocycles. The zero-order valence-electron chi connectivity index (χ0n) is 12.5. The number of hydrogen-bond donors (Lipinski definition) is 3. The molecule has 0 saturated carbocycles. The van der Waals surface area contributed by atoms with Crippen LogP contribution in [0.4, 0.5) is 11.6 Å². The predicted octanol–water partition coefficient (Wildman–Crippen LogP) is 2.66. The van der Waals surface area contributed by atoms with Crippen molar-refractivity contribution >= 4 is 22.5 Å². The van der Waals surface area contributed by atoms with E-state index in [2.05, 4.69) is 20.5 Å². The Kier molecular flexibility index (Phi) is 4.20. The summed E-state index contributed by atoms with van der Waals surface area (Å²) < 4.78 is 5.04. The first-order valence-corrected chi connectivity index (χ1v) is 7.21. The number of hydrogen-bond acceptors (Lipinski definition) is 5. The number of rotatable bonds is 6. The average molecular weight is 297 g/mol. The van der Waals surface area contributed by atoms with Crippen molar-refractivity contribution in [2.45, 2.75) is 6.42 Å². The fraction of sp³-hybridized carbons (Fsp3) is 0.250. The third kappa shape index (κ3) is 3.01. The quantitative estimate of drug-likeness (QED) is 0.609. The fourth-order valence-electron chi connectivity index (χ4n) is 2.35. The summed E-state index contributed by atoms with van der Waals surface area (Å²) in [5.74, 6) is 1.37. The Balaban J connectivity index is 1.82. The van der Waals surface area contributed by atoms with Crippen LogP contribution < -0.4 is 11.1 Å². The number of aromatic nitrogens is 3. The zero-order valence-corrected chi connectivity index (χ0v) is 12.5. The number of anilines is 2. The van der Waals surface area contributed by atoms with E-state index < -0.39 is 0 Å². The molecule has 4 N–H and O–H groups in total. The van der Waals surface area contributed by atoms with E-state index in [9.17, 15) is 0 Å². The number of nitrogens with two attached hydrogens (primary N) is 1. The van der Waals surface area contributed by atoms with Gasteiger partial charge < -0.3 is 15.8 Å². The summed E-state index contributed by atoms with van der Waals surface area (Å²) in [6.45, 7) is 1.57. The molecule has 22 heavy (non-hydrogen) atoms. The van der Waals surface area contributed by atoms with Crippen molar-refractivity contribution in [3.8, 4) is 11.1 Å².